The van der Waals surface area contributed by atoms with Crippen LogP contribution in [-0.4, -0.2) is 27.4 Å². The minimum atomic E-state index is -4.93. The van der Waals surface area contributed by atoms with Crippen molar-refractivity contribution in [1.82, 2.24) is 15.1 Å². The average molecular weight is 589 g/mol. The molecule has 1 amide bonds. The van der Waals surface area contributed by atoms with Gasteiger partial charge >= 0.3 is 12.8 Å². The highest BCUT2D eigenvalue weighted by Crippen LogP contribution is 2.45. The first-order chi connectivity index (χ1) is 18.7. The van der Waals surface area contributed by atoms with Crippen LogP contribution in [0.2, 0.25) is 5.02 Å². The summed E-state index contributed by atoms with van der Waals surface area (Å²) < 4.78 is 99.7. The number of fused-ring (bicyclic) bond motifs is 3. The number of halogens is 8. The van der Waals surface area contributed by atoms with Crippen LogP contribution >= 0.6 is 11.6 Å². The molecular weight excluding hydrogens is 573 g/mol. The summed E-state index contributed by atoms with van der Waals surface area (Å²) in [7, 11) is 1.27. The molecule has 0 saturated heterocycles. The summed E-state index contributed by atoms with van der Waals surface area (Å²) in [5.41, 5.74) is -2.23. The molecule has 0 bridgehead atoms. The second kappa shape index (κ2) is 9.86. The van der Waals surface area contributed by atoms with Gasteiger partial charge in [-0.2, -0.15) is 27.1 Å². The summed E-state index contributed by atoms with van der Waals surface area (Å²) in [4.78, 5) is 13.2. The van der Waals surface area contributed by atoms with Crippen molar-refractivity contribution < 1.29 is 45.4 Å². The molecule has 15 heteroatoms. The van der Waals surface area contributed by atoms with E-state index in [0.717, 1.165) is 16.8 Å². The number of aryl methyl sites for hydroxylation is 1. The fourth-order valence-corrected chi connectivity index (χ4v) is 4.83. The first-order valence-electron chi connectivity index (χ1n) is 11.3. The molecule has 0 spiro atoms. The normalized spacial score (nSPS) is 15.9. The predicted octanol–water partition coefficient (Wildman–Crippen LogP) is 6.06. The van der Waals surface area contributed by atoms with Crippen molar-refractivity contribution in [2.45, 2.75) is 25.1 Å². The molecule has 210 valence electrons. The Hall–Kier alpha value is -4.04. The number of alkyl halides is 5. The zero-order valence-electron chi connectivity index (χ0n) is 20.0. The van der Waals surface area contributed by atoms with Crippen LogP contribution in [0.4, 0.5) is 36.4 Å². The molecule has 7 nitrogen and oxygen atoms in total. The number of benzene rings is 3. The van der Waals surface area contributed by atoms with Crippen molar-refractivity contribution in [2.75, 3.05) is 5.32 Å². The number of nitrogens with zero attached hydrogens (tertiary/aromatic N) is 2. The van der Waals surface area contributed by atoms with E-state index in [2.05, 4.69) is 20.5 Å². The second-order valence-electron chi connectivity index (χ2n) is 8.81. The van der Waals surface area contributed by atoms with Crippen LogP contribution in [0.5, 0.6) is 5.88 Å². The van der Waals surface area contributed by atoms with Crippen molar-refractivity contribution in [1.29, 1.82) is 0 Å². The van der Waals surface area contributed by atoms with Crippen molar-refractivity contribution in [3.05, 3.63) is 86.9 Å². The lowest BCUT2D eigenvalue weighted by Crippen LogP contribution is -2.21. The quantitative estimate of drug-likeness (QED) is 0.188. The maximum Gasteiger partial charge on any atom is 0.416 e. The van der Waals surface area contributed by atoms with Crippen molar-refractivity contribution in [3.63, 3.8) is 0 Å². The molecule has 1 aliphatic rings. The van der Waals surface area contributed by atoms with Gasteiger partial charge in [-0.1, -0.05) is 11.6 Å². The van der Waals surface area contributed by atoms with E-state index in [-0.39, 0.29) is 44.4 Å². The van der Waals surface area contributed by atoms with E-state index >= 15 is 0 Å². The molecule has 0 radical (unpaired) electrons. The molecule has 0 saturated carbocycles. The van der Waals surface area contributed by atoms with E-state index in [1.165, 1.54) is 19.2 Å². The molecule has 1 aliphatic heterocycles. The number of amides is 1. The number of nitrogens with one attached hydrogen (secondary N) is 2. The Morgan fingerprint density at radius 2 is 1.85 bits per heavy atom. The molecule has 40 heavy (non-hydrogen) atoms. The van der Waals surface area contributed by atoms with Gasteiger partial charge in [0.15, 0.2) is 6.23 Å². The highest BCUT2D eigenvalue weighted by molar-refractivity contribution is 6.31. The van der Waals surface area contributed by atoms with Crippen LogP contribution in [0.25, 0.3) is 10.9 Å². The maximum atomic E-state index is 14.2. The zero-order valence-corrected chi connectivity index (χ0v) is 20.7. The lowest BCUT2D eigenvalue weighted by atomic mass is 9.94. The third-order valence-electron chi connectivity index (χ3n) is 6.23. The zero-order chi connectivity index (χ0) is 29.1. The van der Waals surface area contributed by atoms with Crippen LogP contribution in [0, 0.1) is 11.6 Å². The topological polar surface area (TPSA) is 88.4 Å². The van der Waals surface area contributed by atoms with E-state index < -0.39 is 59.6 Å². The number of aliphatic hydroxyl groups excluding tert-OH is 1. The fraction of sp³-hybridized carbons (Fsp3) is 0.200. The standard InChI is InChI=1S/C25H16ClF7N4O3/c1-37-23(40-24(29)30)14-8-16(34-21(38)9-4-10(25(31,32)33)6-12(28)5-9)17-18(20(14)36-37)22(39)35-19(17)13-7-11(27)2-3-15(13)26/h2-8,19,21,24,34,38H,1H3,(H,35,39). The van der Waals surface area contributed by atoms with E-state index in [0.29, 0.717) is 12.1 Å². The molecule has 0 aliphatic carbocycles. The van der Waals surface area contributed by atoms with Gasteiger partial charge in [0.2, 0.25) is 5.88 Å². The Bertz CT molecular complexity index is 1660. The number of carbonyl (C=O) groups is 1. The van der Waals surface area contributed by atoms with E-state index in [1.54, 1.807) is 0 Å². The molecule has 1 aromatic heterocycles. The predicted molar refractivity (Wildman–Crippen MR) is 128 cm³/mol. The molecule has 2 atom stereocenters. The Labute approximate surface area is 225 Å². The summed E-state index contributed by atoms with van der Waals surface area (Å²) in [5, 5.41) is 20.0. The maximum absolute atomic E-state index is 14.2. The lowest BCUT2D eigenvalue weighted by Gasteiger charge is -2.22. The first kappa shape index (κ1) is 27.5. The number of hydrogen-bond acceptors (Lipinski definition) is 5. The first-order valence-corrected chi connectivity index (χ1v) is 11.7. The Morgan fingerprint density at radius 3 is 2.52 bits per heavy atom. The summed E-state index contributed by atoms with van der Waals surface area (Å²) >= 11 is 6.27. The molecule has 3 aromatic carbocycles. The number of ether oxygens (including phenoxy) is 1. The molecule has 4 aromatic rings. The number of hydrogen-bond donors (Lipinski definition) is 3. The Kier molecular flexibility index (Phi) is 6.78. The van der Waals surface area contributed by atoms with Crippen LogP contribution in [-0.2, 0) is 13.2 Å². The van der Waals surface area contributed by atoms with Gasteiger partial charge in [-0.25, -0.2) is 13.5 Å². The highest BCUT2D eigenvalue weighted by Gasteiger charge is 2.38. The number of carbonyl (C=O) groups excluding carboxylic acids is 1. The Balaban J connectivity index is 1.72. The van der Waals surface area contributed by atoms with Crippen LogP contribution in [0.15, 0.2) is 42.5 Å². The highest BCUT2D eigenvalue weighted by atomic mass is 35.5. The average Bonchev–Trinajstić information content (AvgIpc) is 3.36. The minimum Gasteiger partial charge on any atom is -0.417 e. The van der Waals surface area contributed by atoms with Crippen LogP contribution in [0.3, 0.4) is 0 Å². The van der Waals surface area contributed by atoms with Gasteiger partial charge in [-0.15, -0.1) is 0 Å². The van der Waals surface area contributed by atoms with Gasteiger partial charge in [-0.05, 0) is 42.5 Å². The van der Waals surface area contributed by atoms with Crippen LogP contribution < -0.4 is 15.4 Å². The van der Waals surface area contributed by atoms with E-state index in [4.69, 9.17) is 11.6 Å². The molecule has 2 unspecified atom stereocenters. The van der Waals surface area contributed by atoms with Gasteiger partial charge in [-0.3, -0.25) is 4.79 Å². The number of aromatic nitrogens is 2. The molecule has 3 N–H and O–H groups in total. The third kappa shape index (κ3) is 4.88. The second-order valence-corrected chi connectivity index (χ2v) is 9.21. The summed E-state index contributed by atoms with van der Waals surface area (Å²) in [6.45, 7) is -3.28. The van der Waals surface area contributed by atoms with Crippen LogP contribution in [0.1, 0.15) is 44.9 Å². The molecule has 5 rings (SSSR count). The molecular formula is C25H16ClF7N4O3. The smallest absolute Gasteiger partial charge is 0.416 e. The number of rotatable bonds is 6. The van der Waals surface area contributed by atoms with Gasteiger partial charge < -0.3 is 20.5 Å². The molecule has 0 fully saturated rings. The Morgan fingerprint density at radius 1 is 1.12 bits per heavy atom. The number of aliphatic hydroxyl groups is 1. The third-order valence-corrected chi connectivity index (χ3v) is 6.57. The van der Waals surface area contributed by atoms with E-state index in [1.807, 2.05) is 0 Å². The minimum absolute atomic E-state index is 0.0261. The monoisotopic (exact) mass is 588 g/mol. The van der Waals surface area contributed by atoms with Gasteiger partial charge in [0, 0.05) is 34.4 Å². The summed E-state index contributed by atoms with van der Waals surface area (Å²) in [5.74, 6) is -3.22. The van der Waals surface area contributed by atoms with Gasteiger partial charge in [0.25, 0.3) is 5.91 Å². The van der Waals surface area contributed by atoms with Gasteiger partial charge in [0.1, 0.15) is 17.2 Å². The van der Waals surface area contributed by atoms with Crippen molar-refractivity contribution in [3.8, 4) is 5.88 Å². The van der Waals surface area contributed by atoms with Gasteiger partial charge in [0.05, 0.1) is 22.6 Å². The van der Waals surface area contributed by atoms with E-state index in [9.17, 15) is 40.6 Å². The summed E-state index contributed by atoms with van der Waals surface area (Å²) in [6.07, 6.45) is -6.92. The van der Waals surface area contributed by atoms with Crippen molar-refractivity contribution in [2.24, 2.45) is 7.05 Å². The number of anilines is 1. The lowest BCUT2D eigenvalue weighted by molar-refractivity contribution is -0.137. The fourth-order valence-electron chi connectivity index (χ4n) is 4.61. The van der Waals surface area contributed by atoms with Crippen molar-refractivity contribution >= 4 is 34.1 Å². The SMILES string of the molecule is Cn1nc2c3c(c(NC(O)c4cc(F)cc(C(F)(F)F)c4)cc2c1OC(F)F)C(c1cc(F)ccc1Cl)NC3=O. The summed E-state index contributed by atoms with van der Waals surface area (Å²) in [6, 6.07) is 4.77. The largest absolute Gasteiger partial charge is 0.417 e. The molecule has 2 heterocycles.